The van der Waals surface area contributed by atoms with Crippen LogP contribution in [0, 0.1) is 6.92 Å². The zero-order chi connectivity index (χ0) is 15.9. The average Bonchev–Trinajstić information content (AvgIpc) is 2.93. The van der Waals surface area contributed by atoms with Gasteiger partial charge in [-0.25, -0.2) is 5.43 Å². The molecule has 0 unspecified atom stereocenters. The number of carbonyl (C=O) groups excluding carboxylic acids is 2. The van der Waals surface area contributed by atoms with Crippen molar-refractivity contribution in [2.75, 3.05) is 5.32 Å². The molecule has 0 aliphatic carbocycles. The van der Waals surface area contributed by atoms with Crippen LogP contribution in [0.3, 0.4) is 0 Å². The Bertz CT molecular complexity index is 704. The number of hydrogen-bond donors (Lipinski definition) is 2. The van der Waals surface area contributed by atoms with E-state index < -0.39 is 11.8 Å². The maximum Gasteiger partial charge on any atom is 0.329 e. The van der Waals surface area contributed by atoms with Gasteiger partial charge in [0.2, 0.25) is 0 Å². The molecule has 114 valence electrons. The molecule has 2 amide bonds. The van der Waals surface area contributed by atoms with Gasteiger partial charge >= 0.3 is 11.8 Å². The summed E-state index contributed by atoms with van der Waals surface area (Å²) < 4.78 is 5.25. The molecule has 0 aliphatic heterocycles. The van der Waals surface area contributed by atoms with Crippen LogP contribution in [0.1, 0.15) is 24.0 Å². The molecule has 0 atom stereocenters. The minimum Gasteiger partial charge on any atom is -0.460 e. The van der Waals surface area contributed by atoms with Crippen LogP contribution in [0.15, 0.2) is 45.9 Å². The molecule has 22 heavy (non-hydrogen) atoms. The number of nitrogens with one attached hydrogen (secondary N) is 2. The lowest BCUT2D eigenvalue weighted by Gasteiger charge is -2.08. The summed E-state index contributed by atoms with van der Waals surface area (Å²) in [5.41, 5.74) is 3.73. The molecule has 0 saturated carbocycles. The first-order valence-corrected chi connectivity index (χ1v) is 6.89. The van der Waals surface area contributed by atoms with Crippen molar-refractivity contribution in [3.63, 3.8) is 0 Å². The van der Waals surface area contributed by atoms with Crippen molar-refractivity contribution in [2.24, 2.45) is 5.10 Å². The van der Waals surface area contributed by atoms with Crippen LogP contribution >= 0.6 is 0 Å². The van der Waals surface area contributed by atoms with E-state index in [-0.39, 0.29) is 0 Å². The van der Waals surface area contributed by atoms with Crippen LogP contribution in [0.25, 0.3) is 0 Å². The zero-order valence-electron chi connectivity index (χ0n) is 12.4. The molecular weight excluding hydrogens is 282 g/mol. The lowest BCUT2D eigenvalue weighted by molar-refractivity contribution is -0.136. The van der Waals surface area contributed by atoms with Crippen molar-refractivity contribution >= 4 is 23.7 Å². The summed E-state index contributed by atoms with van der Waals surface area (Å²) in [5, 5.41) is 6.25. The van der Waals surface area contributed by atoms with Crippen molar-refractivity contribution in [1.82, 2.24) is 5.43 Å². The molecule has 1 heterocycles. The predicted octanol–water partition coefficient (Wildman–Crippen LogP) is 2.24. The van der Waals surface area contributed by atoms with Gasteiger partial charge in [0, 0.05) is 5.69 Å². The molecule has 0 aliphatic rings. The summed E-state index contributed by atoms with van der Waals surface area (Å²) in [7, 11) is 0. The highest BCUT2D eigenvalue weighted by molar-refractivity contribution is 6.39. The van der Waals surface area contributed by atoms with Crippen LogP contribution < -0.4 is 10.7 Å². The minimum atomic E-state index is -0.842. The topological polar surface area (TPSA) is 83.7 Å². The predicted molar refractivity (Wildman–Crippen MR) is 83.6 cm³/mol. The van der Waals surface area contributed by atoms with E-state index in [1.807, 2.05) is 19.1 Å². The molecule has 0 saturated heterocycles. The molecule has 0 bridgehead atoms. The normalized spacial score (nSPS) is 10.6. The van der Waals surface area contributed by atoms with E-state index in [4.69, 9.17) is 4.42 Å². The van der Waals surface area contributed by atoms with Crippen LogP contribution in [0.5, 0.6) is 0 Å². The smallest absolute Gasteiger partial charge is 0.329 e. The van der Waals surface area contributed by atoms with Crippen molar-refractivity contribution in [3.05, 3.63) is 53.5 Å². The number of aryl methyl sites for hydroxylation is 2. The number of rotatable bonds is 4. The SMILES string of the molecule is CCc1ccccc1NC(=O)C(=O)N/N=C/c1ccc(C)o1. The summed E-state index contributed by atoms with van der Waals surface area (Å²) in [6.07, 6.45) is 2.09. The number of carbonyl (C=O) groups is 2. The van der Waals surface area contributed by atoms with Crippen LogP contribution in [0.2, 0.25) is 0 Å². The first kappa shape index (κ1) is 15.5. The largest absolute Gasteiger partial charge is 0.460 e. The second-order valence-corrected chi connectivity index (χ2v) is 4.61. The second kappa shape index (κ2) is 7.21. The Morgan fingerprint density at radius 2 is 1.95 bits per heavy atom. The highest BCUT2D eigenvalue weighted by Crippen LogP contribution is 2.15. The van der Waals surface area contributed by atoms with Gasteiger partial charge in [0.15, 0.2) is 0 Å². The lowest BCUT2D eigenvalue weighted by Crippen LogP contribution is -2.32. The number of amides is 2. The third-order valence-electron chi connectivity index (χ3n) is 2.97. The summed E-state index contributed by atoms with van der Waals surface area (Å²) in [6.45, 7) is 3.77. The van der Waals surface area contributed by atoms with Gasteiger partial charge in [-0.05, 0) is 37.1 Å². The lowest BCUT2D eigenvalue weighted by atomic mass is 10.1. The molecule has 0 radical (unpaired) electrons. The van der Waals surface area contributed by atoms with E-state index in [9.17, 15) is 9.59 Å². The van der Waals surface area contributed by atoms with Crippen molar-refractivity contribution in [1.29, 1.82) is 0 Å². The molecule has 1 aromatic heterocycles. The monoisotopic (exact) mass is 299 g/mol. The zero-order valence-corrected chi connectivity index (χ0v) is 12.4. The van der Waals surface area contributed by atoms with Gasteiger partial charge in [0.05, 0.1) is 6.21 Å². The first-order valence-electron chi connectivity index (χ1n) is 6.89. The molecule has 6 heteroatoms. The molecule has 1 aromatic carbocycles. The fourth-order valence-corrected chi connectivity index (χ4v) is 1.86. The van der Waals surface area contributed by atoms with Gasteiger partial charge in [-0.3, -0.25) is 9.59 Å². The van der Waals surface area contributed by atoms with Gasteiger partial charge in [-0.1, -0.05) is 25.1 Å². The molecule has 2 N–H and O–H groups in total. The minimum absolute atomic E-state index is 0.495. The van der Waals surface area contributed by atoms with E-state index in [1.54, 1.807) is 31.2 Å². The van der Waals surface area contributed by atoms with E-state index in [0.29, 0.717) is 11.4 Å². The Balaban J connectivity index is 1.92. The number of hydrazone groups is 1. The highest BCUT2D eigenvalue weighted by atomic mass is 16.3. The van der Waals surface area contributed by atoms with Gasteiger partial charge in [-0.15, -0.1) is 0 Å². The molecule has 2 rings (SSSR count). The number of anilines is 1. The van der Waals surface area contributed by atoms with E-state index >= 15 is 0 Å². The summed E-state index contributed by atoms with van der Waals surface area (Å²) in [5.74, 6) is -0.379. The third-order valence-corrected chi connectivity index (χ3v) is 2.97. The number of nitrogens with zero attached hydrogens (tertiary/aromatic N) is 1. The molecule has 0 fully saturated rings. The van der Waals surface area contributed by atoms with E-state index in [2.05, 4.69) is 15.8 Å². The fraction of sp³-hybridized carbons (Fsp3) is 0.188. The molecule has 2 aromatic rings. The number of furan rings is 1. The van der Waals surface area contributed by atoms with Gasteiger partial charge in [-0.2, -0.15) is 5.10 Å². The summed E-state index contributed by atoms with van der Waals surface area (Å²) in [4.78, 5) is 23.5. The molecule has 6 nitrogen and oxygen atoms in total. The second-order valence-electron chi connectivity index (χ2n) is 4.61. The summed E-state index contributed by atoms with van der Waals surface area (Å²) >= 11 is 0. The standard InChI is InChI=1S/C16H17N3O3/c1-3-12-6-4-5-7-14(12)18-15(20)16(21)19-17-10-13-9-8-11(2)22-13/h4-10H,3H2,1-2H3,(H,18,20)(H,19,21)/b17-10+. The number of benzene rings is 1. The van der Waals surface area contributed by atoms with Crippen LogP contribution in [-0.4, -0.2) is 18.0 Å². The van der Waals surface area contributed by atoms with Gasteiger partial charge < -0.3 is 9.73 Å². The van der Waals surface area contributed by atoms with E-state index in [0.717, 1.165) is 17.7 Å². The molecular formula is C16H17N3O3. The third kappa shape index (κ3) is 4.05. The summed E-state index contributed by atoms with van der Waals surface area (Å²) in [6, 6.07) is 10.8. The van der Waals surface area contributed by atoms with E-state index in [1.165, 1.54) is 6.21 Å². The Labute approximate surface area is 128 Å². The van der Waals surface area contributed by atoms with Gasteiger partial charge in [0.1, 0.15) is 11.5 Å². The van der Waals surface area contributed by atoms with Crippen molar-refractivity contribution in [3.8, 4) is 0 Å². The average molecular weight is 299 g/mol. The van der Waals surface area contributed by atoms with Gasteiger partial charge in [0.25, 0.3) is 0 Å². The quantitative estimate of drug-likeness (QED) is 0.516. The maximum atomic E-state index is 11.8. The highest BCUT2D eigenvalue weighted by Gasteiger charge is 2.14. The first-order chi connectivity index (χ1) is 10.6. The van der Waals surface area contributed by atoms with Crippen LogP contribution in [-0.2, 0) is 16.0 Å². The maximum absolute atomic E-state index is 11.8. The Kier molecular flexibility index (Phi) is 5.08. The van der Waals surface area contributed by atoms with Crippen molar-refractivity contribution < 1.29 is 14.0 Å². The Hall–Kier alpha value is -2.89. The Morgan fingerprint density at radius 3 is 2.64 bits per heavy atom. The van der Waals surface area contributed by atoms with Crippen LogP contribution in [0.4, 0.5) is 5.69 Å². The Morgan fingerprint density at radius 1 is 1.18 bits per heavy atom. The number of para-hydroxylation sites is 1. The van der Waals surface area contributed by atoms with Crippen molar-refractivity contribution in [2.45, 2.75) is 20.3 Å². The fourth-order valence-electron chi connectivity index (χ4n) is 1.86. The molecule has 0 spiro atoms. The number of hydrogen-bond acceptors (Lipinski definition) is 4.